The van der Waals surface area contributed by atoms with Gasteiger partial charge in [-0.3, -0.25) is 0 Å². The van der Waals surface area contributed by atoms with Crippen molar-refractivity contribution in [3.8, 4) is 0 Å². The molecule has 80 valence electrons. The maximum Gasteiger partial charge on any atom is 0.0218 e. The molecule has 1 heterocycles. The Morgan fingerprint density at radius 3 is 2.29 bits per heavy atom. The quantitative estimate of drug-likeness (QED) is 0.754. The summed E-state index contributed by atoms with van der Waals surface area (Å²) in [5.74, 6) is 0. The summed E-state index contributed by atoms with van der Waals surface area (Å²) in [7, 11) is 0. The minimum Gasteiger partial charge on any atom is -0.307 e. The topological polar surface area (TPSA) is 12.0 Å². The van der Waals surface area contributed by atoms with E-state index in [-0.39, 0.29) is 0 Å². The van der Waals surface area contributed by atoms with E-state index in [1.807, 2.05) is 0 Å². The molecule has 0 spiro atoms. The second kappa shape index (κ2) is 5.52. The van der Waals surface area contributed by atoms with E-state index < -0.39 is 0 Å². The lowest BCUT2D eigenvalue weighted by Crippen LogP contribution is -2.42. The van der Waals surface area contributed by atoms with Crippen LogP contribution in [0.2, 0.25) is 0 Å². The van der Waals surface area contributed by atoms with Gasteiger partial charge in [-0.15, -0.1) is 0 Å². The van der Waals surface area contributed by atoms with Gasteiger partial charge < -0.3 is 5.32 Å². The Labute approximate surface area is 91.5 Å². The summed E-state index contributed by atoms with van der Waals surface area (Å²) in [4.78, 5) is 0. The van der Waals surface area contributed by atoms with Crippen molar-refractivity contribution in [2.75, 3.05) is 0 Å². The van der Waals surface area contributed by atoms with Gasteiger partial charge in [-0.25, -0.2) is 0 Å². The van der Waals surface area contributed by atoms with Crippen LogP contribution >= 0.6 is 11.3 Å². The molecule has 0 aliphatic heterocycles. The highest BCUT2D eigenvalue weighted by Gasteiger charge is 2.22. The maximum atomic E-state index is 3.69. The van der Waals surface area contributed by atoms with Crippen LogP contribution in [-0.4, -0.2) is 5.54 Å². The van der Waals surface area contributed by atoms with Crippen LogP contribution in [0.25, 0.3) is 0 Å². The molecule has 14 heavy (non-hydrogen) atoms. The summed E-state index contributed by atoms with van der Waals surface area (Å²) in [6, 6.07) is 2.20. The SMILES string of the molecule is CCC(CC)(CC)NCc1ccsc1. The zero-order valence-electron chi connectivity index (χ0n) is 9.47. The Bertz CT molecular complexity index is 229. The summed E-state index contributed by atoms with van der Waals surface area (Å²) in [6.07, 6.45) is 3.64. The van der Waals surface area contributed by atoms with Crippen molar-refractivity contribution in [1.82, 2.24) is 5.32 Å². The predicted molar refractivity (Wildman–Crippen MR) is 64.8 cm³/mol. The van der Waals surface area contributed by atoms with Crippen LogP contribution in [0.5, 0.6) is 0 Å². The van der Waals surface area contributed by atoms with Crippen molar-refractivity contribution in [2.45, 2.75) is 52.1 Å². The van der Waals surface area contributed by atoms with E-state index in [1.54, 1.807) is 11.3 Å². The van der Waals surface area contributed by atoms with Gasteiger partial charge >= 0.3 is 0 Å². The third-order valence-electron chi connectivity index (χ3n) is 3.28. The summed E-state index contributed by atoms with van der Waals surface area (Å²) in [6.45, 7) is 7.83. The second-order valence-corrected chi connectivity index (χ2v) is 4.61. The summed E-state index contributed by atoms with van der Waals surface area (Å²) >= 11 is 1.77. The zero-order chi connectivity index (χ0) is 10.4. The van der Waals surface area contributed by atoms with Crippen LogP contribution in [0.15, 0.2) is 16.8 Å². The monoisotopic (exact) mass is 211 g/mol. The van der Waals surface area contributed by atoms with Gasteiger partial charge in [0.05, 0.1) is 0 Å². The van der Waals surface area contributed by atoms with E-state index in [4.69, 9.17) is 0 Å². The van der Waals surface area contributed by atoms with E-state index in [0.717, 1.165) is 6.54 Å². The third kappa shape index (κ3) is 2.82. The largest absolute Gasteiger partial charge is 0.307 e. The predicted octanol–water partition coefficient (Wildman–Crippen LogP) is 3.81. The average molecular weight is 211 g/mol. The van der Waals surface area contributed by atoms with E-state index in [2.05, 4.69) is 42.9 Å². The van der Waals surface area contributed by atoms with Crippen LogP contribution in [0, 0.1) is 0 Å². The molecule has 0 aromatic carbocycles. The number of nitrogens with one attached hydrogen (secondary N) is 1. The first kappa shape index (κ1) is 11.7. The van der Waals surface area contributed by atoms with Gasteiger partial charge in [-0.05, 0) is 41.7 Å². The van der Waals surface area contributed by atoms with Crippen molar-refractivity contribution in [2.24, 2.45) is 0 Å². The zero-order valence-corrected chi connectivity index (χ0v) is 10.3. The van der Waals surface area contributed by atoms with Gasteiger partial charge in [0.25, 0.3) is 0 Å². The number of hydrogen-bond donors (Lipinski definition) is 1. The molecule has 0 saturated carbocycles. The molecule has 1 nitrogen and oxygen atoms in total. The first-order valence-electron chi connectivity index (χ1n) is 5.52. The Balaban J connectivity index is 2.48. The van der Waals surface area contributed by atoms with Crippen LogP contribution < -0.4 is 5.32 Å². The molecule has 1 N–H and O–H groups in total. The molecule has 1 aromatic heterocycles. The lowest BCUT2D eigenvalue weighted by atomic mass is 9.89. The molecule has 0 radical (unpaired) electrons. The smallest absolute Gasteiger partial charge is 0.0218 e. The van der Waals surface area contributed by atoms with Crippen LogP contribution in [0.4, 0.5) is 0 Å². The lowest BCUT2D eigenvalue weighted by Gasteiger charge is -2.31. The first-order valence-corrected chi connectivity index (χ1v) is 6.46. The molecule has 0 aliphatic rings. The van der Waals surface area contributed by atoms with E-state index in [1.165, 1.54) is 24.8 Å². The molecule has 0 fully saturated rings. The van der Waals surface area contributed by atoms with Gasteiger partial charge in [-0.1, -0.05) is 20.8 Å². The normalized spacial score (nSPS) is 11.9. The van der Waals surface area contributed by atoms with Gasteiger partial charge in [0.2, 0.25) is 0 Å². The summed E-state index contributed by atoms with van der Waals surface area (Å²) in [5.41, 5.74) is 1.76. The maximum absolute atomic E-state index is 3.69. The van der Waals surface area contributed by atoms with Crippen LogP contribution in [0.3, 0.4) is 0 Å². The van der Waals surface area contributed by atoms with Crippen molar-refractivity contribution >= 4 is 11.3 Å². The molecular formula is C12H21NS. The van der Waals surface area contributed by atoms with Gasteiger partial charge in [0, 0.05) is 12.1 Å². The third-order valence-corrected chi connectivity index (χ3v) is 4.01. The molecule has 0 unspecified atom stereocenters. The fourth-order valence-corrected chi connectivity index (χ4v) is 2.48. The minimum atomic E-state index is 0.349. The fourth-order valence-electron chi connectivity index (χ4n) is 1.81. The molecule has 1 aromatic rings. The van der Waals surface area contributed by atoms with Crippen molar-refractivity contribution < 1.29 is 0 Å². The number of hydrogen-bond acceptors (Lipinski definition) is 2. The molecule has 0 bridgehead atoms. The Kier molecular flexibility index (Phi) is 4.63. The van der Waals surface area contributed by atoms with Crippen molar-refractivity contribution in [1.29, 1.82) is 0 Å². The Morgan fingerprint density at radius 2 is 1.86 bits per heavy atom. The van der Waals surface area contributed by atoms with Crippen LogP contribution in [-0.2, 0) is 6.54 Å². The lowest BCUT2D eigenvalue weighted by molar-refractivity contribution is 0.288. The molecule has 1 rings (SSSR count). The summed E-state index contributed by atoms with van der Waals surface area (Å²) in [5, 5.41) is 8.05. The van der Waals surface area contributed by atoms with Crippen LogP contribution in [0.1, 0.15) is 45.6 Å². The highest BCUT2D eigenvalue weighted by atomic mass is 32.1. The fraction of sp³-hybridized carbons (Fsp3) is 0.667. The molecule has 0 amide bonds. The highest BCUT2D eigenvalue weighted by Crippen LogP contribution is 2.20. The van der Waals surface area contributed by atoms with E-state index in [0.29, 0.717) is 5.54 Å². The Morgan fingerprint density at radius 1 is 1.21 bits per heavy atom. The molecular weight excluding hydrogens is 190 g/mol. The van der Waals surface area contributed by atoms with Crippen molar-refractivity contribution in [3.63, 3.8) is 0 Å². The minimum absolute atomic E-state index is 0.349. The standard InChI is InChI=1S/C12H21NS/c1-4-12(5-2,6-3)13-9-11-7-8-14-10-11/h7-8,10,13H,4-6,9H2,1-3H3. The second-order valence-electron chi connectivity index (χ2n) is 3.83. The molecule has 0 saturated heterocycles. The van der Waals surface area contributed by atoms with Gasteiger partial charge in [-0.2, -0.15) is 11.3 Å². The first-order chi connectivity index (χ1) is 6.76. The van der Waals surface area contributed by atoms with E-state index in [9.17, 15) is 0 Å². The van der Waals surface area contributed by atoms with Gasteiger partial charge in [0.15, 0.2) is 0 Å². The Hall–Kier alpha value is -0.340. The highest BCUT2D eigenvalue weighted by molar-refractivity contribution is 7.07. The molecule has 0 aliphatic carbocycles. The average Bonchev–Trinajstić information content (AvgIpc) is 2.74. The van der Waals surface area contributed by atoms with E-state index >= 15 is 0 Å². The summed E-state index contributed by atoms with van der Waals surface area (Å²) < 4.78 is 0. The molecule has 2 heteroatoms. The molecule has 0 atom stereocenters. The van der Waals surface area contributed by atoms with Crippen molar-refractivity contribution in [3.05, 3.63) is 22.4 Å². The number of thiophene rings is 1. The number of rotatable bonds is 6. The van der Waals surface area contributed by atoms with Gasteiger partial charge in [0.1, 0.15) is 0 Å².